The number of nitrogens with zero attached hydrogens (tertiary/aromatic N) is 4. The van der Waals surface area contributed by atoms with E-state index in [4.69, 9.17) is 0 Å². The molecule has 154 valence electrons. The summed E-state index contributed by atoms with van der Waals surface area (Å²) in [4.78, 5) is 26.3. The molecule has 8 nitrogen and oxygen atoms in total. The van der Waals surface area contributed by atoms with E-state index >= 15 is 0 Å². The first-order valence-corrected chi connectivity index (χ1v) is 9.37. The zero-order valence-corrected chi connectivity index (χ0v) is 16.2. The Hall–Kier alpha value is -4.40. The van der Waals surface area contributed by atoms with Gasteiger partial charge in [0.25, 0.3) is 5.91 Å². The number of hydrogen-bond donors (Lipinski definition) is 2. The molecule has 0 spiro atoms. The highest BCUT2D eigenvalue weighted by atomic mass is 19.1. The lowest BCUT2D eigenvalue weighted by Crippen LogP contribution is -2.22. The van der Waals surface area contributed by atoms with Gasteiger partial charge in [-0.1, -0.05) is 42.5 Å². The van der Waals surface area contributed by atoms with Gasteiger partial charge in [-0.25, -0.2) is 4.39 Å². The lowest BCUT2D eigenvalue weighted by Gasteiger charge is -2.11. The molecule has 0 aliphatic carbocycles. The molecular weight excluding hydrogens is 399 g/mol. The van der Waals surface area contributed by atoms with E-state index in [1.807, 2.05) is 30.3 Å². The van der Waals surface area contributed by atoms with Crippen molar-refractivity contribution in [3.05, 3.63) is 90.2 Å². The van der Waals surface area contributed by atoms with E-state index in [1.165, 1.54) is 29.1 Å². The minimum Gasteiger partial charge on any atom is -0.324 e. The number of amides is 2. The van der Waals surface area contributed by atoms with Crippen LogP contribution in [0.25, 0.3) is 11.4 Å². The number of nitrogens with one attached hydrogen (secondary N) is 2. The maximum absolute atomic E-state index is 13.1. The van der Waals surface area contributed by atoms with Crippen LogP contribution >= 0.6 is 0 Å². The van der Waals surface area contributed by atoms with Gasteiger partial charge in [-0.2, -0.15) is 4.80 Å². The third kappa shape index (κ3) is 4.96. The SMILES string of the molecule is O=C(Cn1nnc(-c2ccccc2)n1)Nc1ccccc1C(=O)Nc1ccc(F)cc1. The molecule has 0 fully saturated rings. The molecule has 0 saturated carbocycles. The van der Waals surface area contributed by atoms with Gasteiger partial charge in [-0.05, 0) is 41.6 Å². The van der Waals surface area contributed by atoms with Gasteiger partial charge in [0.05, 0.1) is 11.3 Å². The van der Waals surface area contributed by atoms with E-state index in [1.54, 1.807) is 24.3 Å². The van der Waals surface area contributed by atoms with Gasteiger partial charge in [0.1, 0.15) is 12.4 Å². The molecule has 2 N–H and O–H groups in total. The average Bonchev–Trinajstić information content (AvgIpc) is 3.24. The summed E-state index contributed by atoms with van der Waals surface area (Å²) in [5.41, 5.74) is 1.82. The van der Waals surface area contributed by atoms with Crippen LogP contribution in [-0.4, -0.2) is 32.0 Å². The van der Waals surface area contributed by atoms with Crippen LogP contribution in [0.15, 0.2) is 78.9 Å². The van der Waals surface area contributed by atoms with Crippen LogP contribution in [0.2, 0.25) is 0 Å². The first-order chi connectivity index (χ1) is 15.1. The van der Waals surface area contributed by atoms with Crippen molar-refractivity contribution in [1.29, 1.82) is 0 Å². The molecule has 0 unspecified atom stereocenters. The maximum atomic E-state index is 13.1. The molecule has 0 aliphatic rings. The van der Waals surface area contributed by atoms with Gasteiger partial charge in [-0.15, -0.1) is 10.2 Å². The number of rotatable bonds is 6. The first kappa shape index (κ1) is 19.9. The van der Waals surface area contributed by atoms with Gasteiger partial charge in [0, 0.05) is 11.3 Å². The van der Waals surface area contributed by atoms with Crippen LogP contribution in [-0.2, 0) is 11.3 Å². The van der Waals surface area contributed by atoms with E-state index in [0.29, 0.717) is 17.2 Å². The summed E-state index contributed by atoms with van der Waals surface area (Å²) in [6, 6.07) is 21.3. The predicted octanol–water partition coefficient (Wildman–Crippen LogP) is 3.37. The van der Waals surface area contributed by atoms with E-state index in [0.717, 1.165) is 5.56 Å². The number of aromatic nitrogens is 4. The summed E-state index contributed by atoms with van der Waals surface area (Å²) in [5, 5.41) is 17.4. The molecule has 3 aromatic carbocycles. The number of carbonyl (C=O) groups excluding carboxylic acids is 2. The fourth-order valence-corrected chi connectivity index (χ4v) is 2.85. The second-order valence-corrected chi connectivity index (χ2v) is 6.56. The Labute approximate surface area is 176 Å². The largest absolute Gasteiger partial charge is 0.324 e. The number of hydrogen-bond acceptors (Lipinski definition) is 5. The highest BCUT2D eigenvalue weighted by molar-refractivity contribution is 6.10. The number of carbonyl (C=O) groups is 2. The molecular formula is C22H17FN6O2. The van der Waals surface area contributed by atoms with Crippen molar-refractivity contribution >= 4 is 23.2 Å². The van der Waals surface area contributed by atoms with Gasteiger partial charge >= 0.3 is 0 Å². The summed E-state index contributed by atoms with van der Waals surface area (Å²) in [7, 11) is 0. The molecule has 1 heterocycles. The summed E-state index contributed by atoms with van der Waals surface area (Å²) in [5.74, 6) is -0.845. The number of anilines is 2. The van der Waals surface area contributed by atoms with Crippen LogP contribution in [0, 0.1) is 5.82 Å². The van der Waals surface area contributed by atoms with Crippen molar-refractivity contribution < 1.29 is 14.0 Å². The Kier molecular flexibility index (Phi) is 5.75. The molecule has 4 aromatic rings. The number of tetrazole rings is 1. The van der Waals surface area contributed by atoms with Crippen molar-refractivity contribution in [1.82, 2.24) is 20.2 Å². The fourth-order valence-electron chi connectivity index (χ4n) is 2.85. The fraction of sp³-hybridized carbons (Fsp3) is 0.0455. The molecule has 4 rings (SSSR count). The van der Waals surface area contributed by atoms with Gasteiger partial charge < -0.3 is 10.6 Å². The van der Waals surface area contributed by atoms with Crippen molar-refractivity contribution in [3.63, 3.8) is 0 Å². The van der Waals surface area contributed by atoms with Crippen molar-refractivity contribution in [3.8, 4) is 11.4 Å². The highest BCUT2D eigenvalue weighted by Crippen LogP contribution is 2.18. The number of halogens is 1. The van der Waals surface area contributed by atoms with E-state index in [9.17, 15) is 14.0 Å². The minimum absolute atomic E-state index is 0.173. The average molecular weight is 416 g/mol. The lowest BCUT2D eigenvalue weighted by atomic mass is 10.1. The van der Waals surface area contributed by atoms with Gasteiger partial charge in [-0.3, -0.25) is 9.59 Å². The highest BCUT2D eigenvalue weighted by Gasteiger charge is 2.15. The summed E-state index contributed by atoms with van der Waals surface area (Å²) < 4.78 is 13.1. The molecule has 9 heteroatoms. The Balaban J connectivity index is 1.43. The number of para-hydroxylation sites is 1. The second kappa shape index (κ2) is 8.95. The minimum atomic E-state index is -0.437. The van der Waals surface area contributed by atoms with Crippen molar-refractivity contribution in [2.24, 2.45) is 0 Å². The standard InChI is InChI=1S/C22H17FN6O2/c23-16-10-12-17(13-11-16)24-22(31)18-8-4-5-9-19(18)25-20(30)14-29-27-21(26-28-29)15-6-2-1-3-7-15/h1-13H,14H2,(H,24,31)(H,25,30). The maximum Gasteiger partial charge on any atom is 0.257 e. The molecule has 0 bridgehead atoms. The second-order valence-electron chi connectivity index (χ2n) is 6.56. The van der Waals surface area contributed by atoms with Crippen molar-refractivity contribution in [2.45, 2.75) is 6.54 Å². The summed E-state index contributed by atoms with van der Waals surface area (Å²) in [6.45, 7) is -0.173. The normalized spacial score (nSPS) is 10.5. The Morgan fingerprint density at radius 2 is 1.58 bits per heavy atom. The third-order valence-electron chi connectivity index (χ3n) is 4.32. The zero-order valence-electron chi connectivity index (χ0n) is 16.2. The first-order valence-electron chi connectivity index (χ1n) is 9.37. The molecule has 1 aromatic heterocycles. The third-order valence-corrected chi connectivity index (χ3v) is 4.32. The smallest absolute Gasteiger partial charge is 0.257 e. The van der Waals surface area contributed by atoms with E-state index in [-0.39, 0.29) is 12.1 Å². The number of benzene rings is 3. The lowest BCUT2D eigenvalue weighted by molar-refractivity contribution is -0.117. The summed E-state index contributed by atoms with van der Waals surface area (Å²) in [6.07, 6.45) is 0. The van der Waals surface area contributed by atoms with Crippen LogP contribution in [0.1, 0.15) is 10.4 Å². The Bertz CT molecular complexity index is 1210. The molecule has 0 aliphatic heterocycles. The van der Waals surface area contributed by atoms with Crippen LogP contribution in [0.4, 0.5) is 15.8 Å². The van der Waals surface area contributed by atoms with E-state index in [2.05, 4.69) is 26.0 Å². The topological polar surface area (TPSA) is 102 Å². The van der Waals surface area contributed by atoms with Gasteiger partial charge in [0.2, 0.25) is 11.7 Å². The van der Waals surface area contributed by atoms with Crippen LogP contribution < -0.4 is 10.6 Å². The van der Waals surface area contributed by atoms with Crippen LogP contribution in [0.5, 0.6) is 0 Å². The Morgan fingerprint density at radius 3 is 2.35 bits per heavy atom. The van der Waals surface area contributed by atoms with Gasteiger partial charge in [0.15, 0.2) is 0 Å². The monoisotopic (exact) mass is 416 g/mol. The predicted molar refractivity (Wildman–Crippen MR) is 113 cm³/mol. The molecule has 0 radical (unpaired) electrons. The molecule has 2 amide bonds. The molecule has 31 heavy (non-hydrogen) atoms. The zero-order chi connectivity index (χ0) is 21.6. The van der Waals surface area contributed by atoms with E-state index < -0.39 is 17.6 Å². The Morgan fingerprint density at radius 1 is 0.871 bits per heavy atom. The van der Waals surface area contributed by atoms with Crippen molar-refractivity contribution in [2.75, 3.05) is 10.6 Å². The molecule has 0 saturated heterocycles. The van der Waals surface area contributed by atoms with Crippen LogP contribution in [0.3, 0.4) is 0 Å². The summed E-state index contributed by atoms with van der Waals surface area (Å²) >= 11 is 0. The molecule has 0 atom stereocenters. The quantitative estimate of drug-likeness (QED) is 0.502.